The zero-order chi connectivity index (χ0) is 12.1. The van der Waals surface area contributed by atoms with E-state index in [1.54, 1.807) is 0 Å². The molecule has 0 heterocycles. The lowest BCUT2D eigenvalue weighted by atomic mass is 10.1. The smallest absolute Gasteiger partial charge is 0.0411 e. The number of benzene rings is 2. The second-order valence-electron chi connectivity index (χ2n) is 3.89. The van der Waals surface area contributed by atoms with Crippen LogP contribution in [0, 0.1) is 0 Å². The van der Waals surface area contributed by atoms with Crippen molar-refractivity contribution < 1.29 is 0 Å². The van der Waals surface area contributed by atoms with Crippen LogP contribution in [-0.4, -0.2) is 6.54 Å². The molecule has 2 aromatic carbocycles. The maximum absolute atomic E-state index is 4.20. The Balaban J connectivity index is 2.29. The predicted molar refractivity (Wildman–Crippen MR) is 74.9 cm³/mol. The highest BCUT2D eigenvalue weighted by molar-refractivity contribution is 5.77. The summed E-state index contributed by atoms with van der Waals surface area (Å²) >= 11 is 0. The molecule has 17 heavy (non-hydrogen) atoms. The van der Waals surface area contributed by atoms with Crippen LogP contribution in [0.4, 0.5) is 5.69 Å². The topological polar surface area (TPSA) is 3.24 Å². The molecule has 0 fully saturated rings. The van der Waals surface area contributed by atoms with Crippen LogP contribution in [0.2, 0.25) is 0 Å². The molecule has 0 aliphatic rings. The molecule has 0 aromatic heterocycles. The van der Waals surface area contributed by atoms with Crippen molar-refractivity contribution in [3.05, 3.63) is 72.8 Å². The molecular weight excluding hydrogens is 206 g/mol. The molecule has 2 aromatic rings. The molecule has 0 radical (unpaired) electrons. The fourth-order valence-corrected chi connectivity index (χ4v) is 1.92. The quantitative estimate of drug-likeness (QED) is 0.751. The maximum Gasteiger partial charge on any atom is 0.0411 e. The molecule has 0 unspecified atom stereocenters. The standard InChI is InChI=1S/C16H17N/c1-3-17(16-12-8-5-9-13-16)14(2)15-10-6-4-7-11-15/h4-13H,2-3H2,1H3. The molecule has 0 N–H and O–H groups in total. The summed E-state index contributed by atoms with van der Waals surface area (Å²) in [5.41, 5.74) is 3.39. The molecule has 0 amide bonds. The van der Waals surface area contributed by atoms with Crippen LogP contribution in [0.1, 0.15) is 12.5 Å². The second kappa shape index (κ2) is 5.35. The summed E-state index contributed by atoms with van der Waals surface area (Å²) in [7, 11) is 0. The molecule has 0 aliphatic carbocycles. The van der Waals surface area contributed by atoms with Crippen LogP contribution in [0.3, 0.4) is 0 Å². The zero-order valence-corrected chi connectivity index (χ0v) is 10.1. The van der Waals surface area contributed by atoms with Crippen molar-refractivity contribution in [3.8, 4) is 0 Å². The summed E-state index contributed by atoms with van der Waals surface area (Å²) in [5, 5.41) is 0. The van der Waals surface area contributed by atoms with E-state index in [1.807, 2.05) is 24.3 Å². The van der Waals surface area contributed by atoms with Crippen molar-refractivity contribution >= 4 is 11.4 Å². The monoisotopic (exact) mass is 223 g/mol. The fraction of sp³-hybridized carbons (Fsp3) is 0.125. The van der Waals surface area contributed by atoms with Gasteiger partial charge in [-0.15, -0.1) is 0 Å². The molecule has 0 aliphatic heterocycles. The third-order valence-electron chi connectivity index (χ3n) is 2.82. The van der Waals surface area contributed by atoms with Gasteiger partial charge in [0.1, 0.15) is 0 Å². The van der Waals surface area contributed by atoms with E-state index in [1.165, 1.54) is 11.3 Å². The average molecular weight is 223 g/mol. The van der Waals surface area contributed by atoms with E-state index >= 15 is 0 Å². The van der Waals surface area contributed by atoms with Gasteiger partial charge in [-0.05, 0) is 24.6 Å². The van der Waals surface area contributed by atoms with Gasteiger partial charge < -0.3 is 4.90 Å². The first-order valence-corrected chi connectivity index (χ1v) is 5.90. The first-order chi connectivity index (χ1) is 8.33. The van der Waals surface area contributed by atoms with Gasteiger partial charge in [0.2, 0.25) is 0 Å². The highest BCUT2D eigenvalue weighted by atomic mass is 15.1. The average Bonchev–Trinajstić information content (AvgIpc) is 2.42. The van der Waals surface area contributed by atoms with Crippen molar-refractivity contribution in [3.63, 3.8) is 0 Å². The third-order valence-corrected chi connectivity index (χ3v) is 2.82. The molecule has 2 rings (SSSR count). The number of hydrogen-bond acceptors (Lipinski definition) is 1. The Labute approximate surface area is 103 Å². The van der Waals surface area contributed by atoms with E-state index < -0.39 is 0 Å². The van der Waals surface area contributed by atoms with Crippen molar-refractivity contribution in [1.29, 1.82) is 0 Å². The lowest BCUT2D eigenvalue weighted by Crippen LogP contribution is -2.20. The van der Waals surface area contributed by atoms with E-state index in [9.17, 15) is 0 Å². The number of rotatable bonds is 4. The number of anilines is 1. The second-order valence-corrected chi connectivity index (χ2v) is 3.89. The van der Waals surface area contributed by atoms with E-state index in [0.717, 1.165) is 12.2 Å². The van der Waals surface area contributed by atoms with Crippen LogP contribution >= 0.6 is 0 Å². The van der Waals surface area contributed by atoms with Gasteiger partial charge in [-0.25, -0.2) is 0 Å². The lowest BCUT2D eigenvalue weighted by molar-refractivity contribution is 1.03. The Morgan fingerprint density at radius 1 is 0.941 bits per heavy atom. The summed E-state index contributed by atoms with van der Waals surface area (Å²) in [6, 6.07) is 20.6. The maximum atomic E-state index is 4.20. The molecule has 0 bridgehead atoms. The van der Waals surface area contributed by atoms with E-state index in [0.29, 0.717) is 0 Å². The van der Waals surface area contributed by atoms with Gasteiger partial charge in [0.15, 0.2) is 0 Å². The zero-order valence-electron chi connectivity index (χ0n) is 10.1. The van der Waals surface area contributed by atoms with Gasteiger partial charge in [-0.2, -0.15) is 0 Å². The van der Waals surface area contributed by atoms with Gasteiger partial charge in [0.05, 0.1) is 0 Å². The minimum absolute atomic E-state index is 0.914. The fourth-order valence-electron chi connectivity index (χ4n) is 1.92. The number of para-hydroxylation sites is 1. The van der Waals surface area contributed by atoms with Crippen molar-refractivity contribution in [2.75, 3.05) is 11.4 Å². The molecule has 1 nitrogen and oxygen atoms in total. The minimum Gasteiger partial charge on any atom is -0.342 e. The number of hydrogen-bond donors (Lipinski definition) is 0. The molecule has 0 atom stereocenters. The van der Waals surface area contributed by atoms with Crippen molar-refractivity contribution in [1.82, 2.24) is 0 Å². The van der Waals surface area contributed by atoms with Gasteiger partial charge in [-0.3, -0.25) is 0 Å². The molecule has 0 saturated carbocycles. The number of nitrogens with zero attached hydrogens (tertiary/aromatic N) is 1. The van der Waals surface area contributed by atoms with Crippen LogP contribution in [0.25, 0.3) is 5.70 Å². The van der Waals surface area contributed by atoms with Crippen LogP contribution in [0.5, 0.6) is 0 Å². The van der Waals surface area contributed by atoms with Crippen LogP contribution in [-0.2, 0) is 0 Å². The van der Waals surface area contributed by atoms with Crippen LogP contribution < -0.4 is 4.90 Å². The first-order valence-electron chi connectivity index (χ1n) is 5.90. The largest absolute Gasteiger partial charge is 0.342 e. The Hall–Kier alpha value is -2.02. The Kier molecular flexibility index (Phi) is 3.61. The Bertz CT molecular complexity index is 473. The SMILES string of the molecule is C=C(c1ccccc1)N(CC)c1ccccc1. The third kappa shape index (κ3) is 2.56. The van der Waals surface area contributed by atoms with Gasteiger partial charge in [0, 0.05) is 17.9 Å². The Morgan fingerprint density at radius 2 is 1.47 bits per heavy atom. The van der Waals surface area contributed by atoms with Gasteiger partial charge in [0.25, 0.3) is 0 Å². The molecule has 1 heteroatoms. The van der Waals surface area contributed by atoms with Gasteiger partial charge >= 0.3 is 0 Å². The highest BCUT2D eigenvalue weighted by Crippen LogP contribution is 2.24. The lowest BCUT2D eigenvalue weighted by Gasteiger charge is -2.25. The van der Waals surface area contributed by atoms with Crippen LogP contribution in [0.15, 0.2) is 67.2 Å². The normalized spacial score (nSPS) is 9.94. The van der Waals surface area contributed by atoms with Gasteiger partial charge in [-0.1, -0.05) is 55.1 Å². The highest BCUT2D eigenvalue weighted by Gasteiger charge is 2.08. The molecule has 86 valence electrons. The van der Waals surface area contributed by atoms with E-state index in [-0.39, 0.29) is 0 Å². The summed E-state index contributed by atoms with van der Waals surface area (Å²) < 4.78 is 0. The first kappa shape index (κ1) is 11.5. The molecule has 0 saturated heterocycles. The summed E-state index contributed by atoms with van der Waals surface area (Å²) in [4.78, 5) is 2.22. The van der Waals surface area contributed by atoms with Crippen molar-refractivity contribution in [2.24, 2.45) is 0 Å². The Morgan fingerprint density at radius 3 is 2.00 bits per heavy atom. The summed E-state index contributed by atoms with van der Waals surface area (Å²) in [5.74, 6) is 0. The molecule has 0 spiro atoms. The van der Waals surface area contributed by atoms with E-state index in [2.05, 4.69) is 54.8 Å². The summed E-state index contributed by atoms with van der Waals surface area (Å²) in [6.07, 6.45) is 0. The minimum atomic E-state index is 0.914. The molecular formula is C16H17N. The van der Waals surface area contributed by atoms with E-state index in [4.69, 9.17) is 0 Å². The summed E-state index contributed by atoms with van der Waals surface area (Å²) in [6.45, 7) is 7.25. The van der Waals surface area contributed by atoms with Crippen molar-refractivity contribution in [2.45, 2.75) is 6.92 Å². The predicted octanol–water partition coefficient (Wildman–Crippen LogP) is 4.18.